The van der Waals surface area contributed by atoms with Gasteiger partial charge in [0.2, 0.25) is 0 Å². The lowest BCUT2D eigenvalue weighted by Gasteiger charge is -2.16. The molecule has 2 saturated carbocycles. The quantitative estimate of drug-likeness (QED) is 0.774. The van der Waals surface area contributed by atoms with Crippen molar-refractivity contribution in [3.63, 3.8) is 0 Å². The molecule has 19 heavy (non-hydrogen) atoms. The van der Waals surface area contributed by atoms with Crippen molar-refractivity contribution in [2.45, 2.75) is 19.3 Å². The average Bonchev–Trinajstić information content (AvgIpc) is 3.12. The summed E-state index contributed by atoms with van der Waals surface area (Å²) in [4.78, 5) is 24.9. The number of esters is 2. The minimum Gasteiger partial charge on any atom is -0.466 e. The summed E-state index contributed by atoms with van der Waals surface area (Å²) in [7, 11) is 0. The number of fused-ring (bicyclic) bond motifs is 1. The Bertz CT molecular complexity index is 482. The van der Waals surface area contributed by atoms with Crippen molar-refractivity contribution in [2.75, 3.05) is 13.2 Å². The monoisotopic (exact) mass is 280 g/mol. The highest BCUT2D eigenvalue weighted by Gasteiger charge is 2.93. The second kappa shape index (κ2) is 4.34. The van der Waals surface area contributed by atoms with Gasteiger partial charge in [-0.1, -0.05) is 6.07 Å². The summed E-state index contributed by atoms with van der Waals surface area (Å²) in [6.07, 6.45) is 0. The van der Waals surface area contributed by atoms with Crippen LogP contribution in [0.5, 0.6) is 0 Å². The van der Waals surface area contributed by atoms with E-state index >= 15 is 0 Å². The molecule has 3 rings (SSSR count). The van der Waals surface area contributed by atoms with Crippen molar-refractivity contribution in [3.8, 4) is 0 Å². The Kier molecular flexibility index (Phi) is 2.89. The van der Waals surface area contributed by atoms with Crippen LogP contribution >= 0.6 is 11.3 Å². The van der Waals surface area contributed by atoms with Gasteiger partial charge in [-0.3, -0.25) is 9.59 Å². The van der Waals surface area contributed by atoms with Crippen LogP contribution in [-0.2, 0) is 24.5 Å². The molecule has 102 valence electrons. The van der Waals surface area contributed by atoms with Crippen LogP contribution < -0.4 is 0 Å². The Morgan fingerprint density at radius 3 is 2.21 bits per heavy atom. The third kappa shape index (κ3) is 1.57. The summed E-state index contributed by atoms with van der Waals surface area (Å²) in [5.74, 6) is -0.576. The van der Waals surface area contributed by atoms with E-state index < -0.39 is 0 Å². The number of carbonyl (C=O) groups excluding carboxylic acids is 2. The van der Waals surface area contributed by atoms with Crippen LogP contribution in [0.3, 0.4) is 0 Å². The number of hydrogen-bond donors (Lipinski definition) is 0. The number of carbonyl (C=O) groups is 2. The summed E-state index contributed by atoms with van der Waals surface area (Å²) in [6, 6.07) is 3.95. The van der Waals surface area contributed by atoms with Gasteiger partial charge in [-0.25, -0.2) is 0 Å². The molecule has 2 aliphatic rings. The maximum atomic E-state index is 11.9. The highest BCUT2D eigenvalue weighted by Crippen LogP contribution is 2.84. The Morgan fingerprint density at radius 1 is 1.21 bits per heavy atom. The molecular weight excluding hydrogens is 264 g/mol. The predicted molar refractivity (Wildman–Crippen MR) is 69.7 cm³/mol. The van der Waals surface area contributed by atoms with E-state index in [4.69, 9.17) is 9.47 Å². The van der Waals surface area contributed by atoms with E-state index in [0.29, 0.717) is 13.2 Å². The first kappa shape index (κ1) is 12.7. The van der Waals surface area contributed by atoms with Gasteiger partial charge in [0.1, 0.15) is 0 Å². The summed E-state index contributed by atoms with van der Waals surface area (Å²) in [5.41, 5.74) is -0.313. The van der Waals surface area contributed by atoms with Crippen LogP contribution in [0.4, 0.5) is 0 Å². The lowest BCUT2D eigenvalue weighted by atomic mass is 9.94. The van der Waals surface area contributed by atoms with Gasteiger partial charge < -0.3 is 9.47 Å². The first-order chi connectivity index (χ1) is 9.19. The van der Waals surface area contributed by atoms with E-state index in [0.717, 1.165) is 4.88 Å². The van der Waals surface area contributed by atoms with E-state index in [1.165, 1.54) is 0 Å². The van der Waals surface area contributed by atoms with E-state index in [1.54, 1.807) is 25.2 Å². The molecule has 0 N–H and O–H groups in total. The molecule has 5 heteroatoms. The maximum absolute atomic E-state index is 11.9. The molecule has 0 unspecified atom stereocenters. The van der Waals surface area contributed by atoms with Crippen LogP contribution in [0, 0.1) is 17.8 Å². The molecule has 0 radical (unpaired) electrons. The van der Waals surface area contributed by atoms with Crippen molar-refractivity contribution < 1.29 is 19.1 Å². The van der Waals surface area contributed by atoms with Crippen molar-refractivity contribution >= 4 is 23.3 Å². The Balaban J connectivity index is 1.80. The van der Waals surface area contributed by atoms with Crippen molar-refractivity contribution in [2.24, 2.45) is 17.8 Å². The molecule has 0 amide bonds. The van der Waals surface area contributed by atoms with Crippen LogP contribution in [0.25, 0.3) is 0 Å². The summed E-state index contributed by atoms with van der Waals surface area (Å²) < 4.78 is 10.2. The zero-order chi connectivity index (χ0) is 13.6. The molecule has 0 aliphatic heterocycles. The molecule has 0 aromatic carbocycles. The molecule has 0 bridgehead atoms. The van der Waals surface area contributed by atoms with E-state index in [2.05, 4.69) is 0 Å². The zero-order valence-electron chi connectivity index (χ0n) is 10.9. The third-order valence-corrected chi connectivity index (χ3v) is 5.15. The minimum absolute atomic E-state index is 0.0873. The predicted octanol–water partition coefficient (Wildman–Crippen LogP) is 1.99. The molecule has 2 atom stereocenters. The highest BCUT2D eigenvalue weighted by atomic mass is 32.1. The summed E-state index contributed by atoms with van der Waals surface area (Å²) in [6.45, 7) is 4.36. The molecule has 1 heterocycles. The fourth-order valence-electron chi connectivity index (χ4n) is 3.28. The number of rotatable bonds is 5. The number of hydrogen-bond acceptors (Lipinski definition) is 5. The van der Waals surface area contributed by atoms with E-state index in [-0.39, 0.29) is 35.1 Å². The van der Waals surface area contributed by atoms with E-state index in [9.17, 15) is 9.59 Å². The molecule has 0 spiro atoms. The van der Waals surface area contributed by atoms with Gasteiger partial charge in [0, 0.05) is 10.3 Å². The van der Waals surface area contributed by atoms with Crippen LogP contribution in [0.1, 0.15) is 18.7 Å². The number of ether oxygens (including phenoxy) is 2. The van der Waals surface area contributed by atoms with Gasteiger partial charge in [0.15, 0.2) is 0 Å². The average molecular weight is 280 g/mol. The molecule has 2 fully saturated rings. The molecule has 1 aromatic rings. The minimum atomic E-state index is -0.313. The van der Waals surface area contributed by atoms with Crippen LogP contribution in [-0.4, -0.2) is 25.2 Å². The molecular formula is C14H16O4S. The van der Waals surface area contributed by atoms with Gasteiger partial charge in [0.25, 0.3) is 0 Å². The fourth-order valence-corrected chi connectivity index (χ4v) is 4.34. The molecule has 0 saturated heterocycles. The first-order valence-electron chi connectivity index (χ1n) is 6.56. The largest absolute Gasteiger partial charge is 0.466 e. The highest BCUT2D eigenvalue weighted by molar-refractivity contribution is 7.10. The lowest BCUT2D eigenvalue weighted by Crippen LogP contribution is -2.28. The Hall–Kier alpha value is -1.36. The standard InChI is InChI=1S/C14H16O4S/c1-3-17-12(15)10-9-11(13(16)18-4-2)14(9,10)8-6-5-7-19-8/h5-7,9-11H,3-4H2,1-2H3/t9?,10-,11-,14?/m0/s1. The Labute approximate surface area is 115 Å². The van der Waals surface area contributed by atoms with Gasteiger partial charge >= 0.3 is 11.9 Å². The summed E-state index contributed by atoms with van der Waals surface area (Å²) in [5, 5.41) is 1.97. The van der Waals surface area contributed by atoms with Crippen molar-refractivity contribution in [1.29, 1.82) is 0 Å². The second-order valence-corrected chi connectivity index (χ2v) is 5.84. The molecule has 4 nitrogen and oxygen atoms in total. The van der Waals surface area contributed by atoms with Crippen LogP contribution in [0.15, 0.2) is 17.5 Å². The second-order valence-electron chi connectivity index (χ2n) is 4.90. The maximum Gasteiger partial charge on any atom is 0.310 e. The first-order valence-corrected chi connectivity index (χ1v) is 7.44. The fraction of sp³-hybridized carbons (Fsp3) is 0.571. The summed E-state index contributed by atoms with van der Waals surface area (Å²) >= 11 is 1.60. The molecule has 1 aromatic heterocycles. The van der Waals surface area contributed by atoms with Gasteiger partial charge in [-0.2, -0.15) is 0 Å². The smallest absolute Gasteiger partial charge is 0.310 e. The van der Waals surface area contributed by atoms with E-state index in [1.807, 2.05) is 17.5 Å². The van der Waals surface area contributed by atoms with Gasteiger partial charge in [-0.15, -0.1) is 11.3 Å². The van der Waals surface area contributed by atoms with Crippen LogP contribution in [0.2, 0.25) is 0 Å². The Morgan fingerprint density at radius 2 is 1.79 bits per heavy atom. The topological polar surface area (TPSA) is 52.6 Å². The van der Waals surface area contributed by atoms with Crippen molar-refractivity contribution in [1.82, 2.24) is 0 Å². The zero-order valence-corrected chi connectivity index (χ0v) is 11.7. The number of thiophene rings is 1. The third-order valence-electron chi connectivity index (χ3n) is 4.11. The van der Waals surface area contributed by atoms with Crippen molar-refractivity contribution in [3.05, 3.63) is 22.4 Å². The lowest BCUT2D eigenvalue weighted by molar-refractivity contribution is -0.151. The van der Waals surface area contributed by atoms with Gasteiger partial charge in [0.05, 0.1) is 25.0 Å². The molecule has 2 aliphatic carbocycles. The SMILES string of the molecule is CCOC(=O)[C@@H]1C2[C@@H](C(=O)OCC)C21c1cccs1. The van der Waals surface area contributed by atoms with Gasteiger partial charge in [-0.05, 0) is 31.2 Å². The normalized spacial score (nSPS) is 34.3.